The standard InChI is InChI=1S/C10H11Cl3N2O/c1-5(4-14)10(16)15-9-3-7(12)6(11)2-8(9)13/h2-3,5H,4,14H2,1H3,(H,15,16). The molecule has 1 aromatic rings. The summed E-state index contributed by atoms with van der Waals surface area (Å²) in [5, 5.41) is 3.65. The quantitative estimate of drug-likeness (QED) is 0.836. The molecule has 88 valence electrons. The van der Waals surface area contributed by atoms with E-state index in [1.807, 2.05) is 0 Å². The van der Waals surface area contributed by atoms with Crippen molar-refractivity contribution in [1.29, 1.82) is 0 Å². The number of hydrogen-bond donors (Lipinski definition) is 2. The maximum absolute atomic E-state index is 11.6. The van der Waals surface area contributed by atoms with Crippen molar-refractivity contribution in [3.63, 3.8) is 0 Å². The van der Waals surface area contributed by atoms with Crippen molar-refractivity contribution in [2.45, 2.75) is 6.92 Å². The van der Waals surface area contributed by atoms with Crippen LogP contribution in [0.1, 0.15) is 6.92 Å². The van der Waals surface area contributed by atoms with Crippen LogP contribution in [0, 0.1) is 5.92 Å². The van der Waals surface area contributed by atoms with Gasteiger partial charge in [-0.25, -0.2) is 0 Å². The molecule has 0 saturated carbocycles. The van der Waals surface area contributed by atoms with Crippen LogP contribution in [-0.4, -0.2) is 12.5 Å². The number of nitrogens with one attached hydrogen (secondary N) is 1. The van der Waals surface area contributed by atoms with Gasteiger partial charge in [0.05, 0.1) is 20.8 Å². The van der Waals surface area contributed by atoms with Crippen molar-refractivity contribution < 1.29 is 4.79 Å². The van der Waals surface area contributed by atoms with E-state index in [1.54, 1.807) is 6.92 Å². The molecule has 3 nitrogen and oxygen atoms in total. The zero-order chi connectivity index (χ0) is 12.3. The highest BCUT2D eigenvalue weighted by Crippen LogP contribution is 2.32. The highest BCUT2D eigenvalue weighted by Gasteiger charge is 2.13. The number of hydrogen-bond acceptors (Lipinski definition) is 2. The first-order valence-electron chi connectivity index (χ1n) is 4.61. The van der Waals surface area contributed by atoms with E-state index in [-0.39, 0.29) is 18.4 Å². The second-order valence-electron chi connectivity index (χ2n) is 3.37. The number of nitrogens with two attached hydrogens (primary N) is 1. The number of carbonyl (C=O) groups is 1. The third-order valence-corrected chi connectivity index (χ3v) is 3.10. The van der Waals surface area contributed by atoms with Crippen LogP contribution in [0.4, 0.5) is 5.69 Å². The lowest BCUT2D eigenvalue weighted by atomic mass is 10.1. The van der Waals surface area contributed by atoms with Crippen LogP contribution in [0.3, 0.4) is 0 Å². The summed E-state index contributed by atoms with van der Waals surface area (Å²) in [7, 11) is 0. The predicted octanol–water partition coefficient (Wildman–Crippen LogP) is 3.18. The van der Waals surface area contributed by atoms with Gasteiger partial charge >= 0.3 is 0 Å². The number of rotatable bonds is 3. The Hall–Kier alpha value is -0.480. The lowest BCUT2D eigenvalue weighted by Crippen LogP contribution is -2.26. The van der Waals surface area contributed by atoms with Crippen LogP contribution in [-0.2, 0) is 4.79 Å². The molecule has 0 aliphatic heterocycles. The van der Waals surface area contributed by atoms with E-state index in [4.69, 9.17) is 40.5 Å². The molecule has 6 heteroatoms. The van der Waals surface area contributed by atoms with Crippen LogP contribution in [0.2, 0.25) is 15.1 Å². The molecule has 16 heavy (non-hydrogen) atoms. The molecule has 0 aliphatic rings. The van der Waals surface area contributed by atoms with E-state index in [9.17, 15) is 4.79 Å². The van der Waals surface area contributed by atoms with Gasteiger partial charge in [-0.1, -0.05) is 41.7 Å². The number of halogens is 3. The molecule has 3 N–H and O–H groups in total. The zero-order valence-electron chi connectivity index (χ0n) is 8.56. The molecule has 1 atom stereocenters. The van der Waals surface area contributed by atoms with E-state index >= 15 is 0 Å². The Morgan fingerprint density at radius 3 is 2.44 bits per heavy atom. The van der Waals surface area contributed by atoms with Gasteiger partial charge in [0.25, 0.3) is 0 Å². The lowest BCUT2D eigenvalue weighted by molar-refractivity contribution is -0.119. The van der Waals surface area contributed by atoms with Crippen molar-refractivity contribution in [3.8, 4) is 0 Å². The van der Waals surface area contributed by atoms with Gasteiger partial charge in [-0.05, 0) is 12.1 Å². The summed E-state index contributed by atoms with van der Waals surface area (Å²) < 4.78 is 0. The van der Waals surface area contributed by atoms with Crippen molar-refractivity contribution in [1.82, 2.24) is 0 Å². The van der Waals surface area contributed by atoms with Crippen molar-refractivity contribution >= 4 is 46.4 Å². The summed E-state index contributed by atoms with van der Waals surface area (Å²) in [6.45, 7) is 1.99. The molecule has 1 rings (SSSR count). The fourth-order valence-electron chi connectivity index (χ4n) is 0.981. The smallest absolute Gasteiger partial charge is 0.228 e. The van der Waals surface area contributed by atoms with E-state index in [0.717, 1.165) is 0 Å². The van der Waals surface area contributed by atoms with Gasteiger partial charge in [-0.2, -0.15) is 0 Å². The monoisotopic (exact) mass is 280 g/mol. The van der Waals surface area contributed by atoms with Gasteiger partial charge in [-0.3, -0.25) is 4.79 Å². The number of carbonyl (C=O) groups excluding carboxylic acids is 1. The molecule has 0 bridgehead atoms. The number of benzene rings is 1. The van der Waals surface area contributed by atoms with E-state index < -0.39 is 0 Å². The molecule has 0 aliphatic carbocycles. The molecule has 0 aromatic heterocycles. The maximum Gasteiger partial charge on any atom is 0.228 e. The molecule has 1 amide bonds. The third kappa shape index (κ3) is 3.25. The minimum Gasteiger partial charge on any atom is -0.330 e. The Morgan fingerprint density at radius 2 is 1.88 bits per heavy atom. The fraction of sp³-hybridized carbons (Fsp3) is 0.300. The van der Waals surface area contributed by atoms with Crippen molar-refractivity contribution in [2.75, 3.05) is 11.9 Å². The number of amides is 1. The van der Waals surface area contributed by atoms with Gasteiger partial charge in [0, 0.05) is 12.5 Å². The van der Waals surface area contributed by atoms with E-state index in [2.05, 4.69) is 5.32 Å². The normalized spacial score (nSPS) is 12.3. The second kappa shape index (κ2) is 5.73. The van der Waals surface area contributed by atoms with Gasteiger partial charge in [0.1, 0.15) is 0 Å². The van der Waals surface area contributed by atoms with Crippen LogP contribution in [0.25, 0.3) is 0 Å². The first-order valence-corrected chi connectivity index (χ1v) is 5.74. The van der Waals surface area contributed by atoms with E-state index in [1.165, 1.54) is 12.1 Å². The Kier molecular flexibility index (Phi) is 4.87. The molecule has 0 radical (unpaired) electrons. The van der Waals surface area contributed by atoms with Crippen molar-refractivity contribution in [2.24, 2.45) is 11.7 Å². The Balaban J connectivity index is 2.90. The maximum atomic E-state index is 11.6. The molecule has 0 saturated heterocycles. The highest BCUT2D eigenvalue weighted by atomic mass is 35.5. The zero-order valence-corrected chi connectivity index (χ0v) is 10.8. The molecule has 0 heterocycles. The topological polar surface area (TPSA) is 55.1 Å². The first kappa shape index (κ1) is 13.6. The minimum atomic E-state index is -0.287. The Bertz CT molecular complexity index is 409. The first-order chi connectivity index (χ1) is 7.45. The minimum absolute atomic E-state index is 0.206. The molecule has 1 aromatic carbocycles. The van der Waals surface area contributed by atoms with Crippen LogP contribution in [0.15, 0.2) is 12.1 Å². The van der Waals surface area contributed by atoms with Crippen molar-refractivity contribution in [3.05, 3.63) is 27.2 Å². The highest BCUT2D eigenvalue weighted by molar-refractivity contribution is 6.44. The molecule has 0 spiro atoms. The average molecular weight is 282 g/mol. The van der Waals surface area contributed by atoms with E-state index in [0.29, 0.717) is 20.8 Å². The fourth-order valence-corrected chi connectivity index (χ4v) is 1.58. The third-order valence-electron chi connectivity index (χ3n) is 2.07. The average Bonchev–Trinajstić information content (AvgIpc) is 2.24. The second-order valence-corrected chi connectivity index (χ2v) is 4.59. The van der Waals surface area contributed by atoms with Gasteiger partial charge in [0.15, 0.2) is 0 Å². The predicted molar refractivity (Wildman–Crippen MR) is 68.3 cm³/mol. The number of anilines is 1. The molecular formula is C10H11Cl3N2O. The Morgan fingerprint density at radius 1 is 1.31 bits per heavy atom. The summed E-state index contributed by atoms with van der Waals surface area (Å²) in [5.41, 5.74) is 5.81. The Labute approximate surface area is 109 Å². The van der Waals surface area contributed by atoms with Crippen LogP contribution >= 0.6 is 34.8 Å². The summed E-state index contributed by atoms with van der Waals surface area (Å²) in [6.07, 6.45) is 0. The summed E-state index contributed by atoms with van der Waals surface area (Å²) >= 11 is 17.5. The molecule has 1 unspecified atom stereocenters. The van der Waals surface area contributed by atoms with Gasteiger partial charge in [0.2, 0.25) is 5.91 Å². The molecular weight excluding hydrogens is 270 g/mol. The summed E-state index contributed by atoms with van der Waals surface area (Å²) in [5.74, 6) is -0.492. The van der Waals surface area contributed by atoms with Crippen LogP contribution < -0.4 is 11.1 Å². The SMILES string of the molecule is CC(CN)C(=O)Nc1cc(Cl)c(Cl)cc1Cl. The summed E-state index contributed by atoms with van der Waals surface area (Å²) in [6, 6.07) is 2.99. The van der Waals surface area contributed by atoms with Gasteiger partial charge in [-0.15, -0.1) is 0 Å². The molecule has 0 fully saturated rings. The summed E-state index contributed by atoms with van der Waals surface area (Å²) in [4.78, 5) is 11.6. The van der Waals surface area contributed by atoms with Gasteiger partial charge < -0.3 is 11.1 Å². The largest absolute Gasteiger partial charge is 0.330 e. The lowest BCUT2D eigenvalue weighted by Gasteiger charge is -2.12. The van der Waals surface area contributed by atoms with Crippen LogP contribution in [0.5, 0.6) is 0 Å².